The van der Waals surface area contributed by atoms with E-state index in [0.29, 0.717) is 22.2 Å². The third-order valence-electron chi connectivity index (χ3n) is 1.99. The van der Waals surface area contributed by atoms with Crippen molar-refractivity contribution in [3.8, 4) is 11.4 Å². The molecule has 2 aromatic rings. The van der Waals surface area contributed by atoms with E-state index in [0.717, 1.165) is 0 Å². The normalized spacial score (nSPS) is 11.1. The molecule has 1 aromatic carbocycles. The Balaban J connectivity index is 2.36. The van der Waals surface area contributed by atoms with E-state index in [9.17, 15) is 8.78 Å². The van der Waals surface area contributed by atoms with E-state index in [1.54, 1.807) is 24.3 Å². The zero-order chi connectivity index (χ0) is 12.3. The van der Waals surface area contributed by atoms with Gasteiger partial charge in [0.2, 0.25) is 11.7 Å². The largest absolute Gasteiger partial charge is 0.338 e. The number of thioether (sulfide) groups is 1. The molecule has 0 bridgehead atoms. The molecule has 0 fully saturated rings. The number of hydrogen-bond acceptors (Lipinski definition) is 5. The maximum Gasteiger partial charge on any atom is 0.288 e. The van der Waals surface area contributed by atoms with Gasteiger partial charge in [0.25, 0.3) is 5.76 Å². The van der Waals surface area contributed by atoms with Crippen molar-refractivity contribution in [2.45, 2.75) is 17.2 Å². The van der Waals surface area contributed by atoms with Crippen LogP contribution in [0.4, 0.5) is 8.78 Å². The summed E-state index contributed by atoms with van der Waals surface area (Å²) in [5.41, 5.74) is 5.85. The molecular weight excluding hydrogens is 248 g/mol. The lowest BCUT2D eigenvalue weighted by Gasteiger charge is -2.04. The van der Waals surface area contributed by atoms with Gasteiger partial charge in [-0.25, -0.2) is 0 Å². The van der Waals surface area contributed by atoms with Gasteiger partial charge in [0.1, 0.15) is 0 Å². The maximum atomic E-state index is 12.4. The number of hydrogen-bond donors (Lipinski definition) is 1. The van der Waals surface area contributed by atoms with Crippen molar-refractivity contribution in [1.82, 2.24) is 10.1 Å². The molecule has 0 saturated carbocycles. The standard InChI is InChI=1S/C10H9F2N3OS/c11-10(12)17-7-4-2-1-3-6(7)9-14-8(5-13)16-15-9/h1-4,10H,5,13H2. The molecule has 1 aromatic heterocycles. The van der Waals surface area contributed by atoms with Crippen LogP contribution in [0.1, 0.15) is 5.89 Å². The van der Waals surface area contributed by atoms with Gasteiger partial charge in [-0.3, -0.25) is 0 Å². The Kier molecular flexibility index (Phi) is 3.70. The molecule has 0 saturated heterocycles. The number of halogens is 2. The minimum absolute atomic E-state index is 0.122. The lowest BCUT2D eigenvalue weighted by molar-refractivity contribution is 0.252. The third-order valence-corrected chi connectivity index (χ3v) is 2.77. The predicted octanol–water partition coefficient (Wildman–Crippen LogP) is 2.51. The van der Waals surface area contributed by atoms with Crippen molar-refractivity contribution in [2.24, 2.45) is 5.73 Å². The van der Waals surface area contributed by atoms with Crippen molar-refractivity contribution in [1.29, 1.82) is 0 Å². The van der Waals surface area contributed by atoms with Crippen LogP contribution in [-0.4, -0.2) is 15.9 Å². The van der Waals surface area contributed by atoms with Crippen LogP contribution >= 0.6 is 11.8 Å². The second kappa shape index (κ2) is 5.24. The lowest BCUT2D eigenvalue weighted by atomic mass is 10.2. The third kappa shape index (κ3) is 2.80. The Morgan fingerprint density at radius 2 is 2.12 bits per heavy atom. The average molecular weight is 257 g/mol. The van der Waals surface area contributed by atoms with E-state index in [2.05, 4.69) is 10.1 Å². The van der Waals surface area contributed by atoms with Crippen molar-refractivity contribution >= 4 is 11.8 Å². The molecule has 2 N–H and O–H groups in total. The minimum Gasteiger partial charge on any atom is -0.338 e. The molecule has 0 aliphatic carbocycles. The summed E-state index contributed by atoms with van der Waals surface area (Å²) in [6, 6.07) is 6.65. The van der Waals surface area contributed by atoms with Gasteiger partial charge in [-0.1, -0.05) is 29.1 Å². The highest BCUT2D eigenvalue weighted by atomic mass is 32.2. The Morgan fingerprint density at radius 3 is 2.76 bits per heavy atom. The average Bonchev–Trinajstić information content (AvgIpc) is 2.77. The van der Waals surface area contributed by atoms with E-state index >= 15 is 0 Å². The topological polar surface area (TPSA) is 64.9 Å². The lowest BCUT2D eigenvalue weighted by Crippen LogP contribution is -1.96. The number of rotatable bonds is 4. The molecule has 0 atom stereocenters. The van der Waals surface area contributed by atoms with Crippen LogP contribution in [0, 0.1) is 0 Å². The maximum absolute atomic E-state index is 12.4. The molecule has 0 aliphatic rings. The van der Waals surface area contributed by atoms with Crippen molar-refractivity contribution in [3.63, 3.8) is 0 Å². The molecule has 0 unspecified atom stereocenters. The summed E-state index contributed by atoms with van der Waals surface area (Å²) in [6.07, 6.45) is 0. The van der Waals surface area contributed by atoms with Gasteiger partial charge < -0.3 is 10.3 Å². The fourth-order valence-electron chi connectivity index (χ4n) is 1.30. The van der Waals surface area contributed by atoms with Gasteiger partial charge in [0.15, 0.2) is 0 Å². The fraction of sp³-hybridized carbons (Fsp3) is 0.200. The minimum atomic E-state index is -2.49. The van der Waals surface area contributed by atoms with Crippen molar-refractivity contribution in [3.05, 3.63) is 30.2 Å². The van der Waals surface area contributed by atoms with E-state index in [4.69, 9.17) is 10.3 Å². The summed E-state index contributed by atoms with van der Waals surface area (Å²) in [5.74, 6) is -1.94. The second-order valence-electron chi connectivity index (χ2n) is 3.09. The predicted molar refractivity (Wildman–Crippen MR) is 59.5 cm³/mol. The summed E-state index contributed by atoms with van der Waals surface area (Å²) < 4.78 is 29.6. The van der Waals surface area contributed by atoms with Crippen LogP contribution in [0.5, 0.6) is 0 Å². The smallest absolute Gasteiger partial charge is 0.288 e. The van der Waals surface area contributed by atoms with E-state index in [-0.39, 0.29) is 18.3 Å². The molecule has 90 valence electrons. The zero-order valence-electron chi connectivity index (χ0n) is 8.64. The molecule has 0 spiro atoms. The van der Waals surface area contributed by atoms with Gasteiger partial charge >= 0.3 is 0 Å². The highest BCUT2D eigenvalue weighted by Crippen LogP contribution is 2.33. The highest BCUT2D eigenvalue weighted by molar-refractivity contribution is 7.99. The first-order valence-electron chi connectivity index (χ1n) is 4.77. The molecule has 2 rings (SSSR count). The first-order chi connectivity index (χ1) is 8.20. The van der Waals surface area contributed by atoms with Crippen LogP contribution in [0.15, 0.2) is 33.7 Å². The molecule has 0 radical (unpaired) electrons. The quantitative estimate of drug-likeness (QED) is 0.852. The van der Waals surface area contributed by atoms with Crippen LogP contribution in [-0.2, 0) is 6.54 Å². The summed E-state index contributed by atoms with van der Waals surface area (Å²) in [4.78, 5) is 4.42. The Labute approximate surface area is 100 Å². The Hall–Kier alpha value is -1.47. The summed E-state index contributed by atoms with van der Waals surface area (Å²) in [7, 11) is 0. The molecule has 1 heterocycles. The Bertz CT molecular complexity index is 504. The number of benzene rings is 1. The molecular formula is C10H9F2N3OS. The van der Waals surface area contributed by atoms with Gasteiger partial charge in [-0.15, -0.1) is 0 Å². The number of nitrogens with zero attached hydrogens (tertiary/aromatic N) is 2. The van der Waals surface area contributed by atoms with Crippen LogP contribution < -0.4 is 5.73 Å². The SMILES string of the molecule is NCc1nc(-c2ccccc2SC(F)F)no1. The number of alkyl halides is 2. The van der Waals surface area contributed by atoms with E-state index in [1.807, 2.05) is 0 Å². The van der Waals surface area contributed by atoms with Crippen LogP contribution in [0.25, 0.3) is 11.4 Å². The van der Waals surface area contributed by atoms with E-state index < -0.39 is 5.76 Å². The number of nitrogens with two attached hydrogens (primary N) is 1. The molecule has 0 aliphatic heterocycles. The summed E-state index contributed by atoms with van der Waals surface area (Å²) in [6.45, 7) is 0.122. The second-order valence-corrected chi connectivity index (χ2v) is 4.12. The summed E-state index contributed by atoms with van der Waals surface area (Å²) in [5, 5.41) is 3.70. The molecule has 4 nitrogen and oxygen atoms in total. The van der Waals surface area contributed by atoms with Crippen molar-refractivity contribution < 1.29 is 13.3 Å². The van der Waals surface area contributed by atoms with Crippen LogP contribution in [0.2, 0.25) is 0 Å². The molecule has 17 heavy (non-hydrogen) atoms. The Morgan fingerprint density at radius 1 is 1.35 bits per heavy atom. The molecule has 7 heteroatoms. The monoisotopic (exact) mass is 257 g/mol. The summed E-state index contributed by atoms with van der Waals surface area (Å²) >= 11 is 0.450. The number of aromatic nitrogens is 2. The zero-order valence-corrected chi connectivity index (χ0v) is 9.45. The van der Waals surface area contributed by atoms with Crippen molar-refractivity contribution in [2.75, 3.05) is 0 Å². The van der Waals surface area contributed by atoms with Gasteiger partial charge in [-0.2, -0.15) is 13.8 Å². The van der Waals surface area contributed by atoms with E-state index in [1.165, 1.54) is 0 Å². The fourth-order valence-corrected chi connectivity index (χ4v) is 1.93. The van der Waals surface area contributed by atoms with Gasteiger partial charge in [0, 0.05) is 10.5 Å². The molecule has 0 amide bonds. The van der Waals surface area contributed by atoms with Gasteiger partial charge in [0.05, 0.1) is 6.54 Å². The van der Waals surface area contributed by atoms with Gasteiger partial charge in [-0.05, 0) is 12.1 Å². The first kappa shape index (κ1) is 12.0. The van der Waals surface area contributed by atoms with Crippen LogP contribution in [0.3, 0.4) is 0 Å². The first-order valence-corrected chi connectivity index (χ1v) is 5.65. The highest BCUT2D eigenvalue weighted by Gasteiger charge is 2.14.